The molecular formula is C28H49FN5O3S2+. The lowest BCUT2D eigenvalue weighted by Crippen LogP contribution is -2.80. The largest absolute Gasteiger partial charge is 0.376 e. The van der Waals surface area contributed by atoms with E-state index in [4.69, 9.17) is 4.84 Å². The van der Waals surface area contributed by atoms with Gasteiger partial charge >= 0.3 is 0 Å². The van der Waals surface area contributed by atoms with Gasteiger partial charge in [0.1, 0.15) is 0 Å². The standard InChI is InChI=1S/C28H48FN5O3S2/c1-6-24(25(32-37-5)15-18-39-33-27(36)28(29)16-9-8-10-17-28)31-22(19-26(35)34(3)4)20-38-23-13-11-21(12-14-23)30-7-2/h6,15,18,21-23,30-32H,1,7-14,16-17,19-20H2,2-5H3,(H,33,36)/p+1/b18-15+,25-24-. The molecule has 0 saturated heterocycles. The van der Waals surface area contributed by atoms with Gasteiger partial charge in [-0.25, -0.2) is 9.23 Å². The summed E-state index contributed by atoms with van der Waals surface area (Å²) in [6.07, 6.45) is 11.6. The lowest BCUT2D eigenvalue weighted by molar-refractivity contribution is -0.852. The van der Waals surface area contributed by atoms with E-state index >= 15 is 0 Å². The molecule has 11 heteroatoms. The summed E-state index contributed by atoms with van der Waals surface area (Å²) in [5.74, 6) is 0.279. The van der Waals surface area contributed by atoms with Crippen LogP contribution < -0.4 is 20.8 Å². The van der Waals surface area contributed by atoms with Crippen LogP contribution in [0.15, 0.2) is 35.5 Å². The van der Waals surface area contributed by atoms with Crippen LogP contribution >= 0.6 is 23.7 Å². The van der Waals surface area contributed by atoms with Crippen molar-refractivity contribution in [3.8, 4) is 0 Å². The Kier molecular flexibility index (Phi) is 15.6. The van der Waals surface area contributed by atoms with Crippen LogP contribution in [0.25, 0.3) is 0 Å². The smallest absolute Gasteiger partial charge is 0.267 e. The molecule has 222 valence electrons. The summed E-state index contributed by atoms with van der Waals surface area (Å²) in [4.78, 5) is 31.9. The second kappa shape index (κ2) is 18.0. The third-order valence-corrected chi connectivity index (χ3v) is 9.37. The quantitative estimate of drug-likeness (QED) is 0.125. The number of quaternary nitrogens is 1. The van der Waals surface area contributed by atoms with E-state index in [-0.39, 0.29) is 24.8 Å². The summed E-state index contributed by atoms with van der Waals surface area (Å²) in [5.41, 5.74) is 1.24. The van der Waals surface area contributed by atoms with Crippen LogP contribution in [0, 0.1) is 0 Å². The third-order valence-electron chi connectivity index (χ3n) is 7.26. The van der Waals surface area contributed by atoms with Gasteiger partial charge in [0.2, 0.25) is 5.91 Å². The molecule has 0 bridgehead atoms. The molecule has 2 rings (SSSR count). The number of carbonyl (C=O) groups excluding carboxylic acids is 2. The highest BCUT2D eigenvalue weighted by atomic mass is 32.2. The number of rotatable bonds is 16. The van der Waals surface area contributed by atoms with Crippen LogP contribution in [0.4, 0.5) is 4.39 Å². The molecule has 0 aromatic carbocycles. The molecule has 2 amide bonds. The normalized spacial score (nSPS) is 22.6. The van der Waals surface area contributed by atoms with Crippen molar-refractivity contribution >= 4 is 35.5 Å². The summed E-state index contributed by atoms with van der Waals surface area (Å²) in [5, 5.41) is 9.35. The first kappa shape index (κ1) is 33.7. The molecule has 0 aliphatic heterocycles. The highest BCUT2D eigenvalue weighted by molar-refractivity contribution is 8.00. The Labute approximate surface area is 242 Å². The summed E-state index contributed by atoms with van der Waals surface area (Å²) in [6, 6.07) is 0.522. The van der Waals surface area contributed by atoms with E-state index in [1.807, 2.05) is 11.8 Å². The topological polar surface area (TPSA) is 99.3 Å². The SMILES string of the molecule is C=C/C(NC(CSC1CCC(NCC)CC1)CC(=O)N(C)C)=C(\C=C\SNC(=O)C1(F)CCCCC1)[NH2+]OC. The number of nitrogens with zero attached hydrogens (tertiary/aromatic N) is 1. The molecular weight excluding hydrogens is 537 g/mol. The van der Waals surface area contributed by atoms with E-state index in [0.29, 0.717) is 23.4 Å². The Morgan fingerprint density at radius 2 is 1.90 bits per heavy atom. The van der Waals surface area contributed by atoms with Gasteiger partial charge in [-0.3, -0.25) is 14.3 Å². The number of amides is 2. The zero-order valence-corrected chi connectivity index (χ0v) is 25.7. The predicted molar refractivity (Wildman–Crippen MR) is 160 cm³/mol. The fraction of sp³-hybridized carbons (Fsp3) is 0.714. The van der Waals surface area contributed by atoms with E-state index in [9.17, 15) is 14.0 Å². The number of thioether (sulfide) groups is 1. The number of hydrogen-bond donors (Lipinski definition) is 4. The molecule has 39 heavy (non-hydrogen) atoms. The van der Waals surface area contributed by atoms with Crippen molar-refractivity contribution in [2.45, 2.75) is 94.1 Å². The van der Waals surface area contributed by atoms with Crippen LogP contribution in [0.5, 0.6) is 0 Å². The Bertz CT molecular complexity index is 841. The molecule has 2 aliphatic rings. The number of halogens is 1. The van der Waals surface area contributed by atoms with E-state index in [1.165, 1.54) is 25.7 Å². The van der Waals surface area contributed by atoms with Crippen molar-refractivity contribution in [3.63, 3.8) is 0 Å². The molecule has 1 unspecified atom stereocenters. The zero-order chi connectivity index (χ0) is 28.7. The average molecular weight is 587 g/mol. The number of allylic oxidation sites excluding steroid dienone is 2. The highest BCUT2D eigenvalue weighted by Gasteiger charge is 2.39. The van der Waals surface area contributed by atoms with Crippen molar-refractivity contribution in [1.82, 2.24) is 20.3 Å². The van der Waals surface area contributed by atoms with Gasteiger partial charge < -0.3 is 15.5 Å². The molecule has 1 atom stereocenters. The van der Waals surface area contributed by atoms with Crippen LogP contribution in [0.3, 0.4) is 0 Å². The van der Waals surface area contributed by atoms with Crippen LogP contribution in [0.1, 0.15) is 71.1 Å². The van der Waals surface area contributed by atoms with E-state index in [2.05, 4.69) is 28.9 Å². The minimum atomic E-state index is -1.78. The maximum atomic E-state index is 14.9. The van der Waals surface area contributed by atoms with Gasteiger partial charge in [0.15, 0.2) is 11.4 Å². The minimum Gasteiger partial charge on any atom is -0.376 e. The van der Waals surface area contributed by atoms with E-state index in [0.717, 1.165) is 49.2 Å². The molecule has 0 spiro atoms. The Morgan fingerprint density at radius 1 is 1.21 bits per heavy atom. The lowest BCUT2D eigenvalue weighted by Gasteiger charge is -2.30. The molecule has 0 radical (unpaired) electrons. The first-order valence-corrected chi connectivity index (χ1v) is 16.0. The van der Waals surface area contributed by atoms with Gasteiger partial charge in [0, 0.05) is 49.7 Å². The predicted octanol–water partition coefficient (Wildman–Crippen LogP) is 3.55. The maximum absolute atomic E-state index is 14.9. The fourth-order valence-electron chi connectivity index (χ4n) is 4.94. The van der Waals surface area contributed by atoms with Crippen molar-refractivity contribution in [3.05, 3.63) is 35.5 Å². The summed E-state index contributed by atoms with van der Waals surface area (Å²) >= 11 is 2.97. The van der Waals surface area contributed by atoms with Gasteiger partial charge in [0.05, 0.1) is 12.8 Å². The third kappa shape index (κ3) is 11.9. The van der Waals surface area contributed by atoms with Crippen molar-refractivity contribution < 1.29 is 24.3 Å². The Balaban J connectivity index is 2.03. The molecule has 8 nitrogen and oxygen atoms in total. The lowest BCUT2D eigenvalue weighted by atomic mass is 9.86. The van der Waals surface area contributed by atoms with Gasteiger partial charge in [-0.15, -0.1) is 0 Å². The van der Waals surface area contributed by atoms with Crippen LogP contribution in [-0.2, 0) is 14.4 Å². The van der Waals surface area contributed by atoms with Gasteiger partial charge in [-0.05, 0) is 81.3 Å². The second-order valence-electron chi connectivity index (χ2n) is 10.5. The monoisotopic (exact) mass is 586 g/mol. The summed E-state index contributed by atoms with van der Waals surface area (Å²) < 4.78 is 17.5. The average Bonchev–Trinajstić information content (AvgIpc) is 2.93. The van der Waals surface area contributed by atoms with Crippen molar-refractivity contribution in [1.29, 1.82) is 0 Å². The first-order chi connectivity index (χ1) is 18.7. The molecule has 2 fully saturated rings. The molecule has 5 N–H and O–H groups in total. The molecule has 0 aromatic rings. The number of carbonyl (C=O) groups is 2. The van der Waals surface area contributed by atoms with Crippen LogP contribution in [-0.4, -0.2) is 73.2 Å². The van der Waals surface area contributed by atoms with Crippen molar-refractivity contribution in [2.24, 2.45) is 0 Å². The fourth-order valence-corrected chi connectivity index (χ4v) is 6.83. The van der Waals surface area contributed by atoms with Gasteiger partial charge in [-0.2, -0.15) is 17.2 Å². The number of alkyl halides is 1. The maximum Gasteiger partial charge on any atom is 0.267 e. The number of hydrogen-bond acceptors (Lipinski definition) is 7. The highest BCUT2D eigenvalue weighted by Crippen LogP contribution is 2.32. The molecule has 0 aromatic heterocycles. The Morgan fingerprint density at radius 3 is 2.49 bits per heavy atom. The number of nitrogens with two attached hydrogens (primary N) is 1. The van der Waals surface area contributed by atoms with Gasteiger partial charge in [0.25, 0.3) is 5.91 Å². The zero-order valence-electron chi connectivity index (χ0n) is 24.1. The minimum absolute atomic E-state index is 0.0568. The summed E-state index contributed by atoms with van der Waals surface area (Å²) in [6.45, 7) is 7.13. The van der Waals surface area contributed by atoms with Crippen LogP contribution in [0.2, 0.25) is 0 Å². The van der Waals surface area contributed by atoms with E-state index in [1.54, 1.807) is 49.1 Å². The second-order valence-corrected chi connectivity index (χ2v) is 12.5. The van der Waals surface area contributed by atoms with Crippen molar-refractivity contribution in [2.75, 3.05) is 33.5 Å². The molecule has 2 aliphatic carbocycles. The van der Waals surface area contributed by atoms with Gasteiger partial charge in [-0.1, -0.05) is 19.9 Å². The molecule has 0 heterocycles. The number of hydroxylamine groups is 1. The molecule has 2 saturated carbocycles. The first-order valence-electron chi connectivity index (χ1n) is 14.1. The number of nitrogens with one attached hydrogen (secondary N) is 3. The summed E-state index contributed by atoms with van der Waals surface area (Å²) in [7, 11) is 5.10. The van der Waals surface area contributed by atoms with E-state index < -0.39 is 11.6 Å². The Hall–Kier alpha value is -1.53.